The number of nitrogens with one attached hydrogen (secondary N) is 1. The molecular formula is C16H15N3O3. The summed E-state index contributed by atoms with van der Waals surface area (Å²) in [6, 6.07) is 8.67. The third kappa shape index (κ3) is 2.90. The van der Waals surface area contributed by atoms with Crippen molar-refractivity contribution in [3.8, 4) is 5.88 Å². The highest BCUT2D eigenvalue weighted by Gasteiger charge is 2.09. The molecule has 2 heterocycles. The van der Waals surface area contributed by atoms with Crippen molar-refractivity contribution in [1.29, 1.82) is 0 Å². The molecule has 0 bridgehead atoms. The van der Waals surface area contributed by atoms with E-state index < -0.39 is 0 Å². The molecule has 6 nitrogen and oxygen atoms in total. The fourth-order valence-electron chi connectivity index (χ4n) is 2.07. The van der Waals surface area contributed by atoms with Gasteiger partial charge in [0.25, 0.3) is 5.91 Å². The highest BCUT2D eigenvalue weighted by atomic mass is 16.5. The van der Waals surface area contributed by atoms with Gasteiger partial charge >= 0.3 is 0 Å². The molecule has 1 N–H and O–H groups in total. The van der Waals surface area contributed by atoms with Gasteiger partial charge in [0.1, 0.15) is 5.52 Å². The van der Waals surface area contributed by atoms with Crippen LogP contribution in [0.1, 0.15) is 23.2 Å². The molecular weight excluding hydrogens is 282 g/mol. The first-order valence-electron chi connectivity index (χ1n) is 6.93. The minimum Gasteiger partial charge on any atom is -0.478 e. The summed E-state index contributed by atoms with van der Waals surface area (Å²) in [6.45, 7) is 4.20. The highest BCUT2D eigenvalue weighted by Crippen LogP contribution is 2.20. The number of hydrogen-bond donors (Lipinski definition) is 1. The van der Waals surface area contributed by atoms with E-state index in [0.29, 0.717) is 35.2 Å². The zero-order valence-corrected chi connectivity index (χ0v) is 12.3. The van der Waals surface area contributed by atoms with E-state index in [1.54, 1.807) is 37.3 Å². The molecule has 0 aliphatic carbocycles. The van der Waals surface area contributed by atoms with Crippen LogP contribution >= 0.6 is 0 Å². The monoisotopic (exact) mass is 297 g/mol. The number of ether oxygens (including phenoxy) is 1. The van der Waals surface area contributed by atoms with E-state index in [-0.39, 0.29) is 5.91 Å². The average Bonchev–Trinajstić information content (AvgIpc) is 2.87. The fourth-order valence-corrected chi connectivity index (χ4v) is 2.07. The van der Waals surface area contributed by atoms with Crippen LogP contribution in [-0.2, 0) is 0 Å². The summed E-state index contributed by atoms with van der Waals surface area (Å²) in [5.74, 6) is 0.845. The maximum atomic E-state index is 12.2. The van der Waals surface area contributed by atoms with Crippen molar-refractivity contribution in [3.05, 3.63) is 48.0 Å². The van der Waals surface area contributed by atoms with E-state index in [4.69, 9.17) is 9.15 Å². The van der Waals surface area contributed by atoms with Gasteiger partial charge < -0.3 is 14.5 Å². The maximum absolute atomic E-state index is 12.2. The number of oxazole rings is 1. The molecule has 6 heteroatoms. The molecule has 3 rings (SSSR count). The summed E-state index contributed by atoms with van der Waals surface area (Å²) in [4.78, 5) is 20.5. The molecule has 0 saturated carbocycles. The fraction of sp³-hybridized carbons (Fsp3) is 0.188. The van der Waals surface area contributed by atoms with Gasteiger partial charge in [-0.1, -0.05) is 0 Å². The van der Waals surface area contributed by atoms with E-state index in [2.05, 4.69) is 15.3 Å². The Morgan fingerprint density at radius 2 is 2.18 bits per heavy atom. The molecule has 0 aliphatic heterocycles. The Balaban J connectivity index is 1.76. The molecule has 0 spiro atoms. The summed E-state index contributed by atoms with van der Waals surface area (Å²) in [6.07, 6.45) is 1.48. The average molecular weight is 297 g/mol. The number of aromatic nitrogens is 2. The smallest absolute Gasteiger partial charge is 0.257 e. The SMILES string of the molecule is CCOc1ccc(C(=O)Nc2ccc3nc(C)oc3c2)cn1. The standard InChI is InChI=1S/C16H15N3O3/c1-3-21-15-7-4-11(9-17-15)16(20)19-12-5-6-13-14(8-12)22-10(2)18-13/h4-9H,3H2,1-2H3,(H,19,20). The highest BCUT2D eigenvalue weighted by molar-refractivity contribution is 6.04. The second kappa shape index (κ2) is 5.85. The lowest BCUT2D eigenvalue weighted by Gasteiger charge is -2.06. The molecule has 112 valence electrons. The van der Waals surface area contributed by atoms with Crippen LogP contribution in [0.5, 0.6) is 5.88 Å². The Morgan fingerprint density at radius 3 is 2.91 bits per heavy atom. The molecule has 2 aromatic heterocycles. The largest absolute Gasteiger partial charge is 0.478 e. The quantitative estimate of drug-likeness (QED) is 0.800. The number of amides is 1. The molecule has 1 amide bonds. The zero-order valence-electron chi connectivity index (χ0n) is 12.3. The summed E-state index contributed by atoms with van der Waals surface area (Å²) in [7, 11) is 0. The van der Waals surface area contributed by atoms with Crippen LogP contribution in [0.4, 0.5) is 5.69 Å². The maximum Gasteiger partial charge on any atom is 0.257 e. The number of carbonyl (C=O) groups is 1. The van der Waals surface area contributed by atoms with Gasteiger partial charge in [0.05, 0.1) is 12.2 Å². The topological polar surface area (TPSA) is 77.2 Å². The first-order valence-corrected chi connectivity index (χ1v) is 6.93. The zero-order chi connectivity index (χ0) is 15.5. The van der Waals surface area contributed by atoms with Crippen molar-refractivity contribution in [3.63, 3.8) is 0 Å². The molecule has 0 unspecified atom stereocenters. The number of anilines is 1. The molecule has 0 atom stereocenters. The first-order chi connectivity index (χ1) is 10.7. The molecule has 3 aromatic rings. The Kier molecular flexibility index (Phi) is 3.74. The van der Waals surface area contributed by atoms with Gasteiger partial charge in [-0.15, -0.1) is 0 Å². The normalized spacial score (nSPS) is 10.6. The summed E-state index contributed by atoms with van der Waals surface area (Å²) >= 11 is 0. The van der Waals surface area contributed by atoms with Gasteiger partial charge in [0.15, 0.2) is 11.5 Å². The van der Waals surface area contributed by atoms with Crippen molar-refractivity contribution >= 4 is 22.7 Å². The van der Waals surface area contributed by atoms with Crippen molar-refractivity contribution in [2.24, 2.45) is 0 Å². The second-order valence-corrected chi connectivity index (χ2v) is 4.69. The van der Waals surface area contributed by atoms with E-state index in [9.17, 15) is 4.79 Å². The van der Waals surface area contributed by atoms with Crippen LogP contribution in [-0.4, -0.2) is 22.5 Å². The number of nitrogens with zero attached hydrogens (tertiary/aromatic N) is 2. The number of rotatable bonds is 4. The molecule has 0 aliphatic rings. The van der Waals surface area contributed by atoms with E-state index >= 15 is 0 Å². The lowest BCUT2D eigenvalue weighted by Crippen LogP contribution is -2.12. The van der Waals surface area contributed by atoms with Gasteiger partial charge in [-0.25, -0.2) is 9.97 Å². The first kappa shape index (κ1) is 14.1. The van der Waals surface area contributed by atoms with Crippen LogP contribution in [0.15, 0.2) is 40.9 Å². The number of aryl methyl sites for hydroxylation is 1. The van der Waals surface area contributed by atoms with Crippen LogP contribution in [0.2, 0.25) is 0 Å². The van der Waals surface area contributed by atoms with Crippen molar-refractivity contribution < 1.29 is 13.9 Å². The molecule has 22 heavy (non-hydrogen) atoms. The Labute approximate surface area is 127 Å². The van der Waals surface area contributed by atoms with Crippen molar-refractivity contribution in [2.75, 3.05) is 11.9 Å². The Bertz CT molecular complexity index is 809. The van der Waals surface area contributed by atoms with Crippen LogP contribution in [0.3, 0.4) is 0 Å². The van der Waals surface area contributed by atoms with Crippen LogP contribution < -0.4 is 10.1 Å². The summed E-state index contributed by atoms with van der Waals surface area (Å²) in [5.41, 5.74) is 2.50. The van der Waals surface area contributed by atoms with Gasteiger partial charge in [-0.2, -0.15) is 0 Å². The molecule has 0 radical (unpaired) electrons. The lowest BCUT2D eigenvalue weighted by atomic mass is 10.2. The third-order valence-electron chi connectivity index (χ3n) is 3.04. The Morgan fingerprint density at radius 1 is 1.32 bits per heavy atom. The minimum atomic E-state index is -0.244. The van der Waals surface area contributed by atoms with Crippen LogP contribution in [0.25, 0.3) is 11.1 Å². The molecule has 0 fully saturated rings. The van der Waals surface area contributed by atoms with E-state index in [1.807, 2.05) is 6.92 Å². The number of pyridine rings is 1. The van der Waals surface area contributed by atoms with Crippen LogP contribution in [0, 0.1) is 6.92 Å². The van der Waals surface area contributed by atoms with Gasteiger partial charge in [-0.3, -0.25) is 4.79 Å². The molecule has 1 aromatic carbocycles. The number of carbonyl (C=O) groups excluding carboxylic acids is 1. The van der Waals surface area contributed by atoms with E-state index in [0.717, 1.165) is 5.52 Å². The van der Waals surface area contributed by atoms with Gasteiger partial charge in [-0.05, 0) is 25.1 Å². The number of fused-ring (bicyclic) bond motifs is 1. The lowest BCUT2D eigenvalue weighted by molar-refractivity contribution is 0.102. The summed E-state index contributed by atoms with van der Waals surface area (Å²) in [5, 5.41) is 2.80. The second-order valence-electron chi connectivity index (χ2n) is 4.69. The minimum absolute atomic E-state index is 0.244. The van der Waals surface area contributed by atoms with Gasteiger partial charge in [0, 0.05) is 30.9 Å². The van der Waals surface area contributed by atoms with Crippen molar-refractivity contribution in [1.82, 2.24) is 9.97 Å². The van der Waals surface area contributed by atoms with Crippen molar-refractivity contribution in [2.45, 2.75) is 13.8 Å². The number of benzene rings is 1. The predicted octanol–water partition coefficient (Wildman–Crippen LogP) is 3.18. The van der Waals surface area contributed by atoms with Gasteiger partial charge in [0.2, 0.25) is 5.88 Å². The molecule has 0 saturated heterocycles. The van der Waals surface area contributed by atoms with E-state index in [1.165, 1.54) is 6.20 Å². The predicted molar refractivity (Wildman–Crippen MR) is 82.1 cm³/mol. The Hall–Kier alpha value is -2.89. The third-order valence-corrected chi connectivity index (χ3v) is 3.04. The summed E-state index contributed by atoms with van der Waals surface area (Å²) < 4.78 is 10.7. The number of hydrogen-bond acceptors (Lipinski definition) is 5.